The molecule has 0 radical (unpaired) electrons. The van der Waals surface area contributed by atoms with E-state index in [0.717, 1.165) is 16.9 Å². The summed E-state index contributed by atoms with van der Waals surface area (Å²) in [7, 11) is 1.35. The van der Waals surface area contributed by atoms with Crippen LogP contribution in [0.25, 0.3) is 11.1 Å². The van der Waals surface area contributed by atoms with Crippen LogP contribution in [0.3, 0.4) is 0 Å². The van der Waals surface area contributed by atoms with E-state index in [1.165, 1.54) is 7.11 Å². The van der Waals surface area contributed by atoms with Crippen LogP contribution in [0, 0.1) is 0 Å². The van der Waals surface area contributed by atoms with Gasteiger partial charge in [-0.05, 0) is 42.3 Å². The van der Waals surface area contributed by atoms with Crippen molar-refractivity contribution in [3.8, 4) is 16.9 Å². The van der Waals surface area contributed by atoms with Crippen molar-refractivity contribution < 1.29 is 14.3 Å². The van der Waals surface area contributed by atoms with Crippen molar-refractivity contribution in [2.45, 2.75) is 6.92 Å². The van der Waals surface area contributed by atoms with Crippen LogP contribution in [0.5, 0.6) is 5.75 Å². The number of methoxy groups -OCH3 is 1. The van der Waals surface area contributed by atoms with Crippen LogP contribution in [0.15, 0.2) is 42.5 Å². The normalized spacial score (nSPS) is 10.1. The minimum absolute atomic E-state index is 0.402. The molecular weight excluding hydrogens is 254 g/mol. The van der Waals surface area contributed by atoms with Gasteiger partial charge in [0.25, 0.3) is 0 Å². The SMILES string of the molecule is CCOc1ccc(-c2ccc(N)cc2C(=O)OC)cc1. The summed E-state index contributed by atoms with van der Waals surface area (Å²) in [4.78, 5) is 11.8. The molecule has 2 aromatic carbocycles. The van der Waals surface area contributed by atoms with Gasteiger partial charge < -0.3 is 15.2 Å². The van der Waals surface area contributed by atoms with Crippen molar-refractivity contribution in [3.63, 3.8) is 0 Å². The van der Waals surface area contributed by atoms with Crippen LogP contribution in [0.1, 0.15) is 17.3 Å². The molecule has 0 aliphatic rings. The van der Waals surface area contributed by atoms with E-state index in [-0.39, 0.29) is 0 Å². The van der Waals surface area contributed by atoms with E-state index in [4.69, 9.17) is 15.2 Å². The molecule has 0 aliphatic heterocycles. The van der Waals surface area contributed by atoms with Crippen molar-refractivity contribution in [1.82, 2.24) is 0 Å². The Hall–Kier alpha value is -2.49. The molecule has 2 N–H and O–H groups in total. The number of carbonyl (C=O) groups is 1. The van der Waals surface area contributed by atoms with E-state index < -0.39 is 5.97 Å². The number of rotatable bonds is 4. The van der Waals surface area contributed by atoms with Crippen LogP contribution < -0.4 is 10.5 Å². The molecule has 20 heavy (non-hydrogen) atoms. The first-order chi connectivity index (χ1) is 9.65. The minimum atomic E-state index is -0.402. The maximum Gasteiger partial charge on any atom is 0.338 e. The van der Waals surface area contributed by atoms with Gasteiger partial charge in [0.2, 0.25) is 0 Å². The van der Waals surface area contributed by atoms with Gasteiger partial charge in [0.1, 0.15) is 5.75 Å². The Labute approximate surface area is 118 Å². The molecule has 0 heterocycles. The van der Waals surface area contributed by atoms with E-state index in [1.807, 2.05) is 37.3 Å². The molecule has 4 heteroatoms. The lowest BCUT2D eigenvalue weighted by atomic mass is 9.99. The van der Waals surface area contributed by atoms with Gasteiger partial charge >= 0.3 is 5.97 Å². The zero-order valence-electron chi connectivity index (χ0n) is 11.6. The first-order valence-corrected chi connectivity index (χ1v) is 6.36. The van der Waals surface area contributed by atoms with Crippen molar-refractivity contribution >= 4 is 11.7 Å². The number of esters is 1. The lowest BCUT2D eigenvalue weighted by molar-refractivity contribution is 0.0601. The fraction of sp³-hybridized carbons (Fsp3) is 0.188. The second-order valence-electron chi connectivity index (χ2n) is 4.25. The van der Waals surface area contributed by atoms with Crippen LogP contribution >= 0.6 is 0 Å². The molecule has 0 saturated carbocycles. The molecule has 0 saturated heterocycles. The van der Waals surface area contributed by atoms with Crippen molar-refractivity contribution in [2.75, 3.05) is 19.5 Å². The smallest absolute Gasteiger partial charge is 0.338 e. The largest absolute Gasteiger partial charge is 0.494 e. The molecule has 4 nitrogen and oxygen atoms in total. The molecule has 0 aliphatic carbocycles. The molecule has 104 valence electrons. The van der Waals surface area contributed by atoms with Gasteiger partial charge in [-0.15, -0.1) is 0 Å². The molecule has 0 aromatic heterocycles. The van der Waals surface area contributed by atoms with Gasteiger partial charge in [-0.25, -0.2) is 4.79 Å². The monoisotopic (exact) mass is 271 g/mol. The van der Waals surface area contributed by atoms with Gasteiger partial charge in [-0.3, -0.25) is 0 Å². The fourth-order valence-electron chi connectivity index (χ4n) is 1.99. The highest BCUT2D eigenvalue weighted by Gasteiger charge is 2.13. The average Bonchev–Trinajstić information content (AvgIpc) is 2.47. The van der Waals surface area contributed by atoms with Gasteiger partial charge in [0.05, 0.1) is 19.3 Å². The number of benzene rings is 2. The van der Waals surface area contributed by atoms with Crippen LogP contribution in [0.4, 0.5) is 5.69 Å². The summed E-state index contributed by atoms with van der Waals surface area (Å²) >= 11 is 0. The van der Waals surface area contributed by atoms with E-state index in [2.05, 4.69) is 0 Å². The average molecular weight is 271 g/mol. The maximum absolute atomic E-state index is 11.8. The molecule has 0 spiro atoms. The summed E-state index contributed by atoms with van der Waals surface area (Å²) in [6.07, 6.45) is 0. The van der Waals surface area contributed by atoms with Crippen LogP contribution in [0.2, 0.25) is 0 Å². The Bertz CT molecular complexity index is 606. The molecule has 2 rings (SSSR count). The van der Waals surface area contributed by atoms with E-state index >= 15 is 0 Å². The van der Waals surface area contributed by atoms with Gasteiger partial charge in [0, 0.05) is 5.69 Å². The van der Waals surface area contributed by atoms with Crippen LogP contribution in [-0.2, 0) is 4.74 Å². The molecule has 2 aromatic rings. The van der Waals surface area contributed by atoms with Crippen molar-refractivity contribution in [1.29, 1.82) is 0 Å². The number of carbonyl (C=O) groups excluding carboxylic acids is 1. The second kappa shape index (κ2) is 6.10. The van der Waals surface area contributed by atoms with Gasteiger partial charge in [-0.1, -0.05) is 18.2 Å². The number of ether oxygens (including phenoxy) is 2. The lowest BCUT2D eigenvalue weighted by Gasteiger charge is -2.10. The number of nitrogens with two attached hydrogens (primary N) is 1. The van der Waals surface area contributed by atoms with E-state index in [1.54, 1.807) is 12.1 Å². The summed E-state index contributed by atoms with van der Waals surface area (Å²) < 4.78 is 10.2. The standard InChI is InChI=1S/C16H17NO3/c1-3-20-13-7-4-11(5-8-13)14-9-6-12(17)10-15(14)16(18)19-2/h4-10H,3,17H2,1-2H3. The molecule has 0 bridgehead atoms. The Balaban J connectivity index is 2.43. The van der Waals surface area contributed by atoms with Crippen molar-refractivity contribution in [3.05, 3.63) is 48.0 Å². The van der Waals surface area contributed by atoms with Gasteiger partial charge in [0.15, 0.2) is 0 Å². The highest BCUT2D eigenvalue weighted by Crippen LogP contribution is 2.28. The number of nitrogen functional groups attached to an aromatic ring is 1. The number of hydrogen-bond acceptors (Lipinski definition) is 4. The first kappa shape index (κ1) is 13.9. The zero-order chi connectivity index (χ0) is 14.5. The molecule has 0 amide bonds. The maximum atomic E-state index is 11.8. The van der Waals surface area contributed by atoms with Gasteiger partial charge in [-0.2, -0.15) is 0 Å². The third-order valence-electron chi connectivity index (χ3n) is 2.93. The van der Waals surface area contributed by atoms with E-state index in [9.17, 15) is 4.79 Å². The van der Waals surface area contributed by atoms with Crippen molar-refractivity contribution in [2.24, 2.45) is 0 Å². The highest BCUT2D eigenvalue weighted by atomic mass is 16.5. The summed E-state index contributed by atoms with van der Waals surface area (Å²) in [6, 6.07) is 12.8. The molecule has 0 fully saturated rings. The Morgan fingerprint density at radius 1 is 1.15 bits per heavy atom. The number of anilines is 1. The topological polar surface area (TPSA) is 61.5 Å². The lowest BCUT2D eigenvalue weighted by Crippen LogP contribution is -2.04. The summed E-state index contributed by atoms with van der Waals surface area (Å²) in [5.41, 5.74) is 8.41. The third kappa shape index (κ3) is 2.91. The Kier molecular flexibility index (Phi) is 4.25. The van der Waals surface area contributed by atoms with E-state index in [0.29, 0.717) is 17.9 Å². The second-order valence-corrected chi connectivity index (χ2v) is 4.25. The molecule has 0 unspecified atom stereocenters. The summed E-state index contributed by atoms with van der Waals surface area (Å²) in [5.74, 6) is 0.396. The van der Waals surface area contributed by atoms with Crippen LogP contribution in [-0.4, -0.2) is 19.7 Å². The summed E-state index contributed by atoms with van der Waals surface area (Å²) in [5, 5.41) is 0. The first-order valence-electron chi connectivity index (χ1n) is 6.36. The molecule has 0 atom stereocenters. The molecular formula is C16H17NO3. The predicted octanol–water partition coefficient (Wildman–Crippen LogP) is 3.12. The Morgan fingerprint density at radius 3 is 2.45 bits per heavy atom. The highest BCUT2D eigenvalue weighted by molar-refractivity contribution is 5.98. The minimum Gasteiger partial charge on any atom is -0.494 e. The third-order valence-corrected chi connectivity index (χ3v) is 2.93. The number of hydrogen-bond donors (Lipinski definition) is 1. The summed E-state index contributed by atoms with van der Waals surface area (Å²) in [6.45, 7) is 2.55. The predicted molar refractivity (Wildman–Crippen MR) is 78.8 cm³/mol. The quantitative estimate of drug-likeness (QED) is 0.685. The zero-order valence-corrected chi connectivity index (χ0v) is 11.6. The fourth-order valence-corrected chi connectivity index (χ4v) is 1.99. The Morgan fingerprint density at radius 2 is 1.85 bits per heavy atom.